The van der Waals surface area contributed by atoms with E-state index >= 15 is 0 Å². The first-order valence-electron chi connectivity index (χ1n) is 7.93. The first-order valence-corrected chi connectivity index (χ1v) is 7.93. The molecule has 1 N–H and O–H groups in total. The van der Waals surface area contributed by atoms with Gasteiger partial charge in [-0.2, -0.15) is 0 Å². The van der Waals surface area contributed by atoms with Crippen LogP contribution in [0.4, 0.5) is 5.69 Å². The van der Waals surface area contributed by atoms with Crippen LogP contribution in [0.15, 0.2) is 30.3 Å². The predicted octanol–water partition coefficient (Wildman–Crippen LogP) is 3.67. The molecule has 0 amide bonds. The number of benzene rings is 2. The van der Waals surface area contributed by atoms with Crippen LogP contribution in [0.2, 0.25) is 0 Å². The Bertz CT molecular complexity index is 707. The molecule has 0 spiro atoms. The Morgan fingerprint density at radius 2 is 1.42 bits per heavy atom. The molecular formula is C19H23NO4. The summed E-state index contributed by atoms with van der Waals surface area (Å²) in [6.07, 6.45) is 0.985. The van der Waals surface area contributed by atoms with Crippen LogP contribution >= 0.6 is 0 Å². The van der Waals surface area contributed by atoms with Crippen molar-refractivity contribution in [2.24, 2.45) is 0 Å². The molecule has 2 aromatic rings. The second kappa shape index (κ2) is 6.91. The van der Waals surface area contributed by atoms with Crippen molar-refractivity contribution in [1.29, 1.82) is 0 Å². The van der Waals surface area contributed by atoms with Gasteiger partial charge in [0.05, 0.1) is 28.4 Å². The van der Waals surface area contributed by atoms with Crippen LogP contribution in [0.25, 0.3) is 0 Å². The van der Waals surface area contributed by atoms with E-state index < -0.39 is 0 Å². The minimum atomic E-state index is 0.241. The average molecular weight is 329 g/mol. The van der Waals surface area contributed by atoms with Crippen molar-refractivity contribution in [2.45, 2.75) is 12.3 Å². The predicted molar refractivity (Wildman–Crippen MR) is 94.0 cm³/mol. The van der Waals surface area contributed by atoms with E-state index in [1.165, 1.54) is 11.1 Å². The molecule has 0 saturated carbocycles. The number of hydrogen-bond acceptors (Lipinski definition) is 5. The van der Waals surface area contributed by atoms with E-state index in [1.807, 2.05) is 12.1 Å². The zero-order valence-corrected chi connectivity index (χ0v) is 14.5. The van der Waals surface area contributed by atoms with Crippen molar-refractivity contribution in [2.75, 3.05) is 40.3 Å². The summed E-state index contributed by atoms with van der Waals surface area (Å²) in [5.74, 6) is 3.30. The van der Waals surface area contributed by atoms with Crippen LogP contribution in [-0.4, -0.2) is 35.0 Å². The fraction of sp³-hybridized carbons (Fsp3) is 0.368. The maximum absolute atomic E-state index is 5.47. The third-order valence-corrected chi connectivity index (χ3v) is 4.46. The van der Waals surface area contributed by atoms with Crippen molar-refractivity contribution >= 4 is 5.69 Å². The van der Waals surface area contributed by atoms with Crippen LogP contribution in [0.5, 0.6) is 23.0 Å². The molecule has 1 aliphatic rings. The van der Waals surface area contributed by atoms with Gasteiger partial charge in [0.15, 0.2) is 11.5 Å². The zero-order chi connectivity index (χ0) is 17.1. The Hall–Kier alpha value is -2.56. The third kappa shape index (κ3) is 2.94. The van der Waals surface area contributed by atoms with Gasteiger partial charge in [0, 0.05) is 30.3 Å². The highest BCUT2D eigenvalue weighted by Crippen LogP contribution is 2.43. The molecule has 1 heterocycles. The fourth-order valence-corrected chi connectivity index (χ4v) is 3.22. The second-order valence-corrected chi connectivity index (χ2v) is 5.71. The number of hydrogen-bond donors (Lipinski definition) is 1. The number of fused-ring (bicyclic) bond motifs is 1. The molecule has 0 aliphatic carbocycles. The van der Waals surface area contributed by atoms with Gasteiger partial charge < -0.3 is 24.3 Å². The summed E-state index contributed by atoms with van der Waals surface area (Å²) in [4.78, 5) is 0. The standard InChI is InChI=1S/C19H23NO4/c1-21-13-7-12(8-14(9-13)22-2)15-5-6-20-17-11-19(24-4)18(23-3)10-16(15)17/h7-11,15,20H,5-6H2,1-4H3. The lowest BCUT2D eigenvalue weighted by Gasteiger charge is -2.28. The van der Waals surface area contributed by atoms with Crippen LogP contribution < -0.4 is 24.3 Å². The molecule has 5 nitrogen and oxygen atoms in total. The number of nitrogens with one attached hydrogen (secondary N) is 1. The molecule has 0 aromatic heterocycles. The first-order chi connectivity index (χ1) is 11.7. The van der Waals surface area contributed by atoms with Gasteiger partial charge in [-0.25, -0.2) is 0 Å². The maximum atomic E-state index is 5.47. The molecule has 0 saturated heterocycles. The number of methoxy groups -OCH3 is 4. The Balaban J connectivity index is 2.09. The molecule has 1 unspecified atom stereocenters. The van der Waals surface area contributed by atoms with E-state index in [9.17, 15) is 0 Å². The molecule has 1 aliphatic heterocycles. The summed E-state index contributed by atoms with van der Waals surface area (Å²) in [7, 11) is 6.65. The van der Waals surface area contributed by atoms with Crippen molar-refractivity contribution < 1.29 is 18.9 Å². The van der Waals surface area contributed by atoms with E-state index in [0.717, 1.165) is 41.7 Å². The van der Waals surface area contributed by atoms with E-state index in [0.29, 0.717) is 0 Å². The monoisotopic (exact) mass is 329 g/mol. The quantitative estimate of drug-likeness (QED) is 0.907. The molecule has 3 rings (SSSR count). The van der Waals surface area contributed by atoms with Gasteiger partial charge in [-0.1, -0.05) is 0 Å². The van der Waals surface area contributed by atoms with Gasteiger partial charge in [-0.15, -0.1) is 0 Å². The highest BCUT2D eigenvalue weighted by molar-refractivity contribution is 5.65. The SMILES string of the molecule is COc1cc(OC)cc(C2CCNc3cc(OC)c(OC)cc32)c1. The third-order valence-electron chi connectivity index (χ3n) is 4.46. The summed E-state index contributed by atoms with van der Waals surface area (Å²) in [5.41, 5.74) is 3.43. The largest absolute Gasteiger partial charge is 0.497 e. The minimum absolute atomic E-state index is 0.241. The highest BCUT2D eigenvalue weighted by atomic mass is 16.5. The molecule has 0 fully saturated rings. The molecule has 1 atom stereocenters. The Morgan fingerprint density at radius 1 is 0.792 bits per heavy atom. The van der Waals surface area contributed by atoms with Crippen LogP contribution in [0.1, 0.15) is 23.5 Å². The first kappa shape index (κ1) is 16.3. The van der Waals surface area contributed by atoms with E-state index in [4.69, 9.17) is 18.9 Å². The van der Waals surface area contributed by atoms with E-state index in [-0.39, 0.29) is 5.92 Å². The Kier molecular flexibility index (Phi) is 4.69. The zero-order valence-electron chi connectivity index (χ0n) is 14.5. The number of ether oxygens (including phenoxy) is 4. The summed E-state index contributed by atoms with van der Waals surface area (Å²) in [6, 6.07) is 10.1. The molecular weight excluding hydrogens is 306 g/mol. The highest BCUT2D eigenvalue weighted by Gasteiger charge is 2.25. The molecule has 128 valence electrons. The van der Waals surface area contributed by atoms with Gasteiger partial charge >= 0.3 is 0 Å². The minimum Gasteiger partial charge on any atom is -0.497 e. The smallest absolute Gasteiger partial charge is 0.162 e. The molecule has 24 heavy (non-hydrogen) atoms. The van der Waals surface area contributed by atoms with Gasteiger partial charge in [-0.3, -0.25) is 0 Å². The van der Waals surface area contributed by atoms with E-state index in [2.05, 4.69) is 23.5 Å². The van der Waals surface area contributed by atoms with Crippen molar-refractivity contribution in [3.8, 4) is 23.0 Å². The van der Waals surface area contributed by atoms with Crippen LogP contribution in [-0.2, 0) is 0 Å². The van der Waals surface area contributed by atoms with Gasteiger partial charge in [-0.05, 0) is 35.7 Å². The molecule has 0 bridgehead atoms. The van der Waals surface area contributed by atoms with Crippen molar-refractivity contribution in [1.82, 2.24) is 0 Å². The molecule has 2 aromatic carbocycles. The average Bonchev–Trinajstić information content (AvgIpc) is 2.65. The summed E-state index contributed by atoms with van der Waals surface area (Å²) in [5, 5.41) is 3.45. The number of rotatable bonds is 5. The number of anilines is 1. The Labute approximate surface area is 142 Å². The van der Waals surface area contributed by atoms with Gasteiger partial charge in [0.1, 0.15) is 11.5 Å². The normalized spacial score (nSPS) is 15.9. The maximum Gasteiger partial charge on any atom is 0.162 e. The van der Waals surface area contributed by atoms with Gasteiger partial charge in [0.25, 0.3) is 0 Å². The van der Waals surface area contributed by atoms with Gasteiger partial charge in [0.2, 0.25) is 0 Å². The van der Waals surface area contributed by atoms with Crippen molar-refractivity contribution in [3.05, 3.63) is 41.5 Å². The van der Waals surface area contributed by atoms with Crippen molar-refractivity contribution in [3.63, 3.8) is 0 Å². The molecule has 5 heteroatoms. The Morgan fingerprint density at radius 3 is 2.00 bits per heavy atom. The fourth-order valence-electron chi connectivity index (χ4n) is 3.22. The summed E-state index contributed by atoms with van der Waals surface area (Å²) in [6.45, 7) is 0.896. The van der Waals surface area contributed by atoms with E-state index in [1.54, 1.807) is 28.4 Å². The van der Waals surface area contributed by atoms with Crippen LogP contribution in [0, 0.1) is 0 Å². The summed E-state index contributed by atoms with van der Waals surface area (Å²) >= 11 is 0. The second-order valence-electron chi connectivity index (χ2n) is 5.71. The lowest BCUT2D eigenvalue weighted by molar-refractivity contribution is 0.354. The molecule has 0 radical (unpaired) electrons. The lowest BCUT2D eigenvalue weighted by atomic mass is 9.84. The topological polar surface area (TPSA) is 49.0 Å². The lowest BCUT2D eigenvalue weighted by Crippen LogP contribution is -2.18. The summed E-state index contributed by atoms with van der Waals surface area (Å²) < 4.78 is 21.7. The van der Waals surface area contributed by atoms with Crippen LogP contribution in [0.3, 0.4) is 0 Å².